The van der Waals surface area contributed by atoms with Gasteiger partial charge in [0.2, 0.25) is 0 Å². The van der Waals surface area contributed by atoms with Crippen LogP contribution >= 0.6 is 0 Å². The van der Waals surface area contributed by atoms with Crippen molar-refractivity contribution in [3.63, 3.8) is 0 Å². The number of hydrogen-bond acceptors (Lipinski definition) is 5. The smallest absolute Gasteiger partial charge is 0.171 e. The Hall–Kier alpha value is -2.08. The molecule has 1 aromatic heterocycles. The average molecular weight is 262 g/mol. The number of methoxy groups -OCH3 is 1. The Kier molecular flexibility index (Phi) is 4.01. The Morgan fingerprint density at radius 1 is 1.37 bits per heavy atom. The zero-order chi connectivity index (χ0) is 13.8. The van der Waals surface area contributed by atoms with Gasteiger partial charge in [0.15, 0.2) is 17.3 Å². The van der Waals surface area contributed by atoms with Gasteiger partial charge in [0, 0.05) is 0 Å². The third-order valence-corrected chi connectivity index (χ3v) is 2.74. The number of aryl methyl sites for hydroxylation is 1. The summed E-state index contributed by atoms with van der Waals surface area (Å²) in [6.45, 7) is 4.35. The molecule has 2 aromatic rings. The highest BCUT2D eigenvalue weighted by molar-refractivity contribution is 5.44. The minimum atomic E-state index is -0.394. The highest BCUT2D eigenvalue weighted by atomic mass is 16.5. The van der Waals surface area contributed by atoms with Gasteiger partial charge in [-0.05, 0) is 31.5 Å². The summed E-state index contributed by atoms with van der Waals surface area (Å²) in [6, 6.07) is 5.19. The van der Waals surface area contributed by atoms with E-state index in [1.165, 1.54) is 0 Å². The van der Waals surface area contributed by atoms with E-state index in [2.05, 4.69) is 15.2 Å². The van der Waals surface area contributed by atoms with Gasteiger partial charge in [0.1, 0.15) is 5.82 Å². The summed E-state index contributed by atoms with van der Waals surface area (Å²) in [5.41, 5.74) is 7.01. The number of nitrogens with zero attached hydrogens (tertiary/aromatic N) is 2. The molecule has 0 unspecified atom stereocenters. The summed E-state index contributed by atoms with van der Waals surface area (Å²) in [5, 5.41) is 6.86. The molecule has 0 spiro atoms. The van der Waals surface area contributed by atoms with Crippen LogP contribution in [0.4, 0.5) is 0 Å². The number of rotatable bonds is 5. The molecule has 0 amide bonds. The molecule has 6 nitrogen and oxygen atoms in total. The zero-order valence-corrected chi connectivity index (χ0v) is 11.3. The molecular weight excluding hydrogens is 244 g/mol. The molecule has 0 aliphatic carbocycles. The average Bonchev–Trinajstić information content (AvgIpc) is 2.85. The summed E-state index contributed by atoms with van der Waals surface area (Å²) in [4.78, 5) is 4.24. The van der Waals surface area contributed by atoms with E-state index in [9.17, 15) is 0 Å². The molecule has 1 heterocycles. The third kappa shape index (κ3) is 2.85. The lowest BCUT2D eigenvalue weighted by molar-refractivity contribution is 0.310. The van der Waals surface area contributed by atoms with Gasteiger partial charge in [-0.3, -0.25) is 5.10 Å². The molecule has 0 bridgehead atoms. The Labute approximate surface area is 111 Å². The quantitative estimate of drug-likeness (QED) is 0.854. The molecule has 19 heavy (non-hydrogen) atoms. The molecular formula is C13H18N4O2. The first-order valence-electron chi connectivity index (χ1n) is 6.11. The van der Waals surface area contributed by atoms with E-state index in [-0.39, 0.29) is 0 Å². The predicted octanol–water partition coefficient (Wildman–Crippen LogP) is 1.57. The van der Waals surface area contributed by atoms with Crippen LogP contribution in [-0.4, -0.2) is 28.9 Å². The monoisotopic (exact) mass is 262 g/mol. The first-order valence-corrected chi connectivity index (χ1v) is 6.11. The van der Waals surface area contributed by atoms with Crippen LogP contribution in [0.25, 0.3) is 0 Å². The lowest BCUT2D eigenvalue weighted by atomic mass is 10.1. The van der Waals surface area contributed by atoms with Gasteiger partial charge in [0.25, 0.3) is 0 Å². The zero-order valence-electron chi connectivity index (χ0n) is 11.3. The predicted molar refractivity (Wildman–Crippen MR) is 71.3 cm³/mol. The van der Waals surface area contributed by atoms with Crippen LogP contribution < -0.4 is 15.2 Å². The number of hydrogen-bond donors (Lipinski definition) is 2. The van der Waals surface area contributed by atoms with E-state index in [4.69, 9.17) is 15.2 Å². The molecule has 102 valence electrons. The summed E-state index contributed by atoms with van der Waals surface area (Å²) >= 11 is 0. The van der Waals surface area contributed by atoms with Crippen molar-refractivity contribution >= 4 is 0 Å². The van der Waals surface area contributed by atoms with E-state index < -0.39 is 6.04 Å². The fourth-order valence-electron chi connectivity index (χ4n) is 1.80. The number of benzene rings is 1. The van der Waals surface area contributed by atoms with Crippen LogP contribution in [-0.2, 0) is 0 Å². The van der Waals surface area contributed by atoms with Gasteiger partial charge in [-0.25, -0.2) is 4.98 Å². The number of H-pyrrole nitrogens is 1. The van der Waals surface area contributed by atoms with E-state index in [0.717, 1.165) is 11.4 Å². The molecule has 2 rings (SSSR count). The fourth-order valence-corrected chi connectivity index (χ4v) is 1.80. The second-order valence-corrected chi connectivity index (χ2v) is 4.10. The van der Waals surface area contributed by atoms with Gasteiger partial charge in [-0.15, -0.1) is 0 Å². The fraction of sp³-hybridized carbons (Fsp3) is 0.385. The van der Waals surface area contributed by atoms with E-state index in [0.29, 0.717) is 23.9 Å². The van der Waals surface area contributed by atoms with Crippen molar-refractivity contribution in [1.82, 2.24) is 15.2 Å². The largest absolute Gasteiger partial charge is 0.493 e. The van der Waals surface area contributed by atoms with Gasteiger partial charge in [0.05, 0.1) is 19.8 Å². The summed E-state index contributed by atoms with van der Waals surface area (Å²) in [5.74, 6) is 2.65. The maximum atomic E-state index is 6.14. The lowest BCUT2D eigenvalue weighted by Crippen LogP contribution is -2.14. The lowest BCUT2D eigenvalue weighted by Gasteiger charge is -2.13. The minimum Gasteiger partial charge on any atom is -0.493 e. The summed E-state index contributed by atoms with van der Waals surface area (Å²) in [7, 11) is 1.60. The van der Waals surface area contributed by atoms with Gasteiger partial charge in [-0.1, -0.05) is 6.07 Å². The van der Waals surface area contributed by atoms with Crippen molar-refractivity contribution in [2.24, 2.45) is 5.73 Å². The first kappa shape index (κ1) is 13.4. The number of ether oxygens (including phenoxy) is 2. The van der Waals surface area contributed by atoms with Gasteiger partial charge >= 0.3 is 0 Å². The van der Waals surface area contributed by atoms with Crippen molar-refractivity contribution in [2.75, 3.05) is 13.7 Å². The maximum Gasteiger partial charge on any atom is 0.171 e. The highest BCUT2D eigenvalue weighted by Gasteiger charge is 2.16. The number of nitrogens with two attached hydrogens (primary N) is 1. The Morgan fingerprint density at radius 3 is 2.74 bits per heavy atom. The summed E-state index contributed by atoms with van der Waals surface area (Å²) in [6.07, 6.45) is 0. The third-order valence-electron chi connectivity index (χ3n) is 2.74. The van der Waals surface area contributed by atoms with Crippen LogP contribution in [0.2, 0.25) is 0 Å². The normalized spacial score (nSPS) is 12.2. The van der Waals surface area contributed by atoms with Crippen molar-refractivity contribution in [3.8, 4) is 11.5 Å². The van der Waals surface area contributed by atoms with Crippen LogP contribution in [0.3, 0.4) is 0 Å². The van der Waals surface area contributed by atoms with E-state index in [1.807, 2.05) is 32.0 Å². The molecule has 0 radical (unpaired) electrons. The second kappa shape index (κ2) is 5.71. The molecule has 0 aliphatic heterocycles. The van der Waals surface area contributed by atoms with Crippen LogP contribution in [0.1, 0.15) is 30.2 Å². The molecule has 0 saturated carbocycles. The Balaban J connectivity index is 2.30. The molecule has 3 N–H and O–H groups in total. The standard InChI is InChI=1S/C13H18N4O2/c1-4-19-10-6-5-9(7-11(10)18-3)12(14)13-15-8(2)16-17-13/h5-7,12H,4,14H2,1-3H3,(H,15,16,17)/t12-/m1/s1. The molecule has 6 heteroatoms. The minimum absolute atomic E-state index is 0.394. The van der Waals surface area contributed by atoms with Crippen molar-refractivity contribution in [3.05, 3.63) is 35.4 Å². The van der Waals surface area contributed by atoms with Gasteiger partial charge < -0.3 is 15.2 Å². The van der Waals surface area contributed by atoms with E-state index >= 15 is 0 Å². The molecule has 0 aliphatic rings. The highest BCUT2D eigenvalue weighted by Crippen LogP contribution is 2.30. The van der Waals surface area contributed by atoms with Crippen molar-refractivity contribution in [2.45, 2.75) is 19.9 Å². The summed E-state index contributed by atoms with van der Waals surface area (Å²) < 4.78 is 10.8. The topological polar surface area (TPSA) is 86.0 Å². The number of aromatic nitrogens is 3. The SMILES string of the molecule is CCOc1ccc([C@@H](N)c2n[nH]c(C)n2)cc1OC. The first-order chi connectivity index (χ1) is 9.15. The van der Waals surface area contributed by atoms with Crippen LogP contribution in [0, 0.1) is 6.92 Å². The Bertz CT molecular complexity index is 553. The van der Waals surface area contributed by atoms with Crippen LogP contribution in [0.15, 0.2) is 18.2 Å². The van der Waals surface area contributed by atoms with Crippen LogP contribution in [0.5, 0.6) is 11.5 Å². The molecule has 1 aromatic carbocycles. The second-order valence-electron chi connectivity index (χ2n) is 4.10. The number of aromatic amines is 1. The number of nitrogens with one attached hydrogen (secondary N) is 1. The Morgan fingerprint density at radius 2 is 2.16 bits per heavy atom. The van der Waals surface area contributed by atoms with Crippen molar-refractivity contribution in [1.29, 1.82) is 0 Å². The molecule has 0 saturated heterocycles. The molecule has 1 atom stereocenters. The maximum absolute atomic E-state index is 6.14. The van der Waals surface area contributed by atoms with Crippen molar-refractivity contribution < 1.29 is 9.47 Å². The molecule has 0 fully saturated rings. The van der Waals surface area contributed by atoms with Gasteiger partial charge in [-0.2, -0.15) is 5.10 Å². The van der Waals surface area contributed by atoms with E-state index in [1.54, 1.807) is 7.11 Å².